The Balaban J connectivity index is 2.08. The first-order valence-corrected chi connectivity index (χ1v) is 11.5. The monoisotopic (exact) mass is 338 g/mol. The van der Waals surface area contributed by atoms with Crippen molar-refractivity contribution in [3.05, 3.63) is 45.9 Å². The number of hydrogen-bond acceptors (Lipinski definition) is 0. The third-order valence-electron chi connectivity index (χ3n) is 4.69. The molecule has 2 unspecified atom stereocenters. The van der Waals surface area contributed by atoms with Crippen LogP contribution >= 0.6 is 21.8 Å². The van der Waals surface area contributed by atoms with Gasteiger partial charge < -0.3 is 0 Å². The maximum Gasteiger partial charge on any atom is -0.00209 e. The summed E-state index contributed by atoms with van der Waals surface area (Å²) >= 11 is 0. The van der Waals surface area contributed by atoms with Gasteiger partial charge >= 0.3 is 0 Å². The van der Waals surface area contributed by atoms with Gasteiger partial charge in [-0.15, -0.1) is 0 Å². The van der Waals surface area contributed by atoms with E-state index in [0.717, 1.165) is 10.5 Å². The Morgan fingerprint density at radius 3 is 1.09 bits per heavy atom. The zero-order chi connectivity index (χ0) is 16.4. The number of rotatable bonds is 5. The summed E-state index contributed by atoms with van der Waals surface area (Å²) in [7, 11) is -0.130. The first-order valence-electron chi connectivity index (χ1n) is 8.44. The maximum absolute atomic E-state index is 2.46. The molecule has 0 aromatic heterocycles. The predicted molar refractivity (Wildman–Crippen MR) is 110 cm³/mol. The van der Waals surface area contributed by atoms with Crippen LogP contribution < -0.4 is 0 Å². The van der Waals surface area contributed by atoms with E-state index in [1.165, 1.54) is 12.8 Å². The minimum atomic E-state index is -0.0652. The van der Waals surface area contributed by atoms with E-state index in [1.54, 1.807) is 0 Å². The molecule has 0 bridgehead atoms. The van der Waals surface area contributed by atoms with Crippen molar-refractivity contribution in [3.8, 4) is 0 Å². The number of hydrogen-bond donors (Lipinski definition) is 2. The molecular formula is C20H34S2. The summed E-state index contributed by atoms with van der Waals surface area (Å²) in [5.41, 5.74) is 0.781. The van der Waals surface area contributed by atoms with E-state index >= 15 is 0 Å². The summed E-state index contributed by atoms with van der Waals surface area (Å²) in [6.45, 7) is 14.5. The van der Waals surface area contributed by atoms with Gasteiger partial charge in [0, 0.05) is 0 Å². The van der Waals surface area contributed by atoms with E-state index in [0.29, 0.717) is 10.8 Å². The van der Waals surface area contributed by atoms with Crippen molar-refractivity contribution < 1.29 is 0 Å². The van der Waals surface area contributed by atoms with Gasteiger partial charge in [0.1, 0.15) is 0 Å². The SMILES string of the molecule is CC(C)(C)C(CCC([SH]1C=CC=C1)C(C)(C)C)[SH]1C=CC=C1. The van der Waals surface area contributed by atoms with E-state index < -0.39 is 0 Å². The quantitative estimate of drug-likeness (QED) is 0.513. The summed E-state index contributed by atoms with van der Waals surface area (Å²) < 4.78 is 0. The predicted octanol–water partition coefficient (Wildman–Crippen LogP) is 6.68. The van der Waals surface area contributed by atoms with Crippen LogP contribution in [0.3, 0.4) is 0 Å². The van der Waals surface area contributed by atoms with Crippen LogP contribution in [-0.4, -0.2) is 10.5 Å². The third-order valence-corrected chi connectivity index (χ3v) is 10.3. The van der Waals surface area contributed by atoms with Gasteiger partial charge in [-0.25, -0.2) is 21.8 Å². The Hall–Kier alpha value is -0.340. The molecule has 0 nitrogen and oxygen atoms in total. The second-order valence-corrected chi connectivity index (χ2v) is 12.8. The zero-order valence-corrected chi connectivity index (χ0v) is 16.9. The standard InChI is InChI=1S/C20H34S2/c1-19(2,3)17(21-13-7-8-14-21)11-12-18(20(4,5)6)22-15-9-10-16-22/h7-10,13-18,21-22H,11-12H2,1-6H3. The highest BCUT2D eigenvalue weighted by molar-refractivity contribution is 8.23. The molecule has 0 radical (unpaired) electrons. The van der Waals surface area contributed by atoms with Gasteiger partial charge in [-0.3, -0.25) is 0 Å². The maximum atomic E-state index is 2.46. The summed E-state index contributed by atoms with van der Waals surface area (Å²) in [6.07, 6.45) is 11.7. The molecule has 22 heavy (non-hydrogen) atoms. The fourth-order valence-electron chi connectivity index (χ4n) is 3.49. The topological polar surface area (TPSA) is 0 Å². The average molecular weight is 339 g/mol. The van der Waals surface area contributed by atoms with E-state index in [9.17, 15) is 0 Å². The lowest BCUT2D eigenvalue weighted by Gasteiger charge is -2.41. The molecule has 0 N–H and O–H groups in total. The zero-order valence-electron chi connectivity index (χ0n) is 15.1. The van der Waals surface area contributed by atoms with Crippen LogP contribution in [-0.2, 0) is 0 Å². The molecular weight excluding hydrogens is 304 g/mol. The molecule has 2 atom stereocenters. The highest BCUT2D eigenvalue weighted by Gasteiger charge is 2.33. The molecule has 0 fully saturated rings. The molecule has 0 spiro atoms. The minimum Gasteiger partial charge on any atom is -0.210 e. The fraction of sp³-hybridized carbons (Fsp3) is 0.600. The van der Waals surface area contributed by atoms with Crippen molar-refractivity contribution in [2.45, 2.75) is 64.9 Å². The van der Waals surface area contributed by atoms with Crippen LogP contribution in [0.25, 0.3) is 0 Å². The Kier molecular flexibility index (Phi) is 5.77. The fourth-order valence-corrected chi connectivity index (χ4v) is 8.39. The smallest absolute Gasteiger partial charge is 0.00209 e. The first-order chi connectivity index (χ1) is 10.2. The van der Waals surface area contributed by atoms with Gasteiger partial charge in [-0.05, 0) is 55.8 Å². The largest absolute Gasteiger partial charge is 0.210 e. The van der Waals surface area contributed by atoms with E-state index in [2.05, 4.69) is 87.5 Å². The summed E-state index contributed by atoms with van der Waals surface area (Å²) in [4.78, 5) is 0. The molecule has 0 saturated heterocycles. The third kappa shape index (κ3) is 4.58. The average Bonchev–Trinajstić information content (AvgIpc) is 3.04. The normalized spacial score (nSPS) is 23.5. The van der Waals surface area contributed by atoms with E-state index in [4.69, 9.17) is 0 Å². The highest BCUT2D eigenvalue weighted by atomic mass is 32.2. The summed E-state index contributed by atoms with van der Waals surface area (Å²) in [6, 6.07) is 0. The molecule has 0 amide bonds. The van der Waals surface area contributed by atoms with Crippen LogP contribution in [0.15, 0.2) is 45.9 Å². The molecule has 0 aromatic rings. The van der Waals surface area contributed by atoms with Gasteiger partial charge in [0.2, 0.25) is 0 Å². The Morgan fingerprint density at radius 2 is 0.864 bits per heavy atom. The summed E-state index contributed by atoms with van der Waals surface area (Å²) in [5.74, 6) is 0. The molecule has 2 rings (SSSR count). The van der Waals surface area contributed by atoms with E-state index in [1.807, 2.05) is 0 Å². The van der Waals surface area contributed by atoms with Gasteiger partial charge in [0.25, 0.3) is 0 Å². The molecule has 2 aliphatic rings. The summed E-state index contributed by atoms with van der Waals surface area (Å²) in [5, 5.41) is 11.4. The minimum absolute atomic E-state index is 0.0652. The van der Waals surface area contributed by atoms with Gasteiger partial charge in [-0.2, -0.15) is 0 Å². The lowest BCUT2D eigenvalue weighted by atomic mass is 9.84. The van der Waals surface area contributed by atoms with Gasteiger partial charge in [0.15, 0.2) is 0 Å². The van der Waals surface area contributed by atoms with Gasteiger partial charge in [-0.1, -0.05) is 65.8 Å². The molecule has 2 heteroatoms. The van der Waals surface area contributed by atoms with Gasteiger partial charge in [0.05, 0.1) is 0 Å². The second-order valence-electron chi connectivity index (χ2n) is 8.60. The van der Waals surface area contributed by atoms with Crippen molar-refractivity contribution >= 4 is 21.8 Å². The van der Waals surface area contributed by atoms with Crippen molar-refractivity contribution in [2.24, 2.45) is 10.8 Å². The first kappa shape index (κ1) is 18.0. The van der Waals surface area contributed by atoms with Crippen molar-refractivity contribution in [2.75, 3.05) is 0 Å². The Morgan fingerprint density at radius 1 is 0.591 bits per heavy atom. The second kappa shape index (κ2) is 7.05. The molecule has 2 heterocycles. The van der Waals surface area contributed by atoms with Crippen LogP contribution in [0, 0.1) is 10.8 Å². The lowest BCUT2D eigenvalue weighted by molar-refractivity contribution is 0.334. The molecule has 2 aliphatic heterocycles. The van der Waals surface area contributed by atoms with Crippen molar-refractivity contribution in [1.29, 1.82) is 0 Å². The van der Waals surface area contributed by atoms with E-state index in [-0.39, 0.29) is 21.8 Å². The molecule has 0 aliphatic carbocycles. The van der Waals surface area contributed by atoms with Crippen LogP contribution in [0.2, 0.25) is 0 Å². The lowest BCUT2D eigenvalue weighted by Crippen LogP contribution is -2.30. The Labute approximate surface area is 143 Å². The van der Waals surface area contributed by atoms with Crippen LogP contribution in [0.1, 0.15) is 54.4 Å². The van der Waals surface area contributed by atoms with Crippen molar-refractivity contribution in [1.82, 2.24) is 0 Å². The molecule has 126 valence electrons. The van der Waals surface area contributed by atoms with Crippen molar-refractivity contribution in [3.63, 3.8) is 0 Å². The van der Waals surface area contributed by atoms with Crippen LogP contribution in [0.4, 0.5) is 0 Å². The molecule has 0 aromatic carbocycles. The highest BCUT2D eigenvalue weighted by Crippen LogP contribution is 2.52. The molecule has 0 saturated carbocycles. The number of allylic oxidation sites excluding steroid dienone is 4. The van der Waals surface area contributed by atoms with Crippen LogP contribution in [0.5, 0.6) is 0 Å². The number of thiol groups is 2. The Bertz CT molecular complexity index is 413.